The molecular formula is C19H21ClN2O4S. The van der Waals surface area contributed by atoms with Crippen LogP contribution in [0.4, 0.5) is 5.69 Å². The summed E-state index contributed by atoms with van der Waals surface area (Å²) in [5.74, 6) is 0.0503. The topological polar surface area (TPSA) is 75.7 Å². The lowest BCUT2D eigenvalue weighted by atomic mass is 10.1. The van der Waals surface area contributed by atoms with Crippen LogP contribution in [0.1, 0.15) is 11.1 Å². The number of carbonyl (C=O) groups excluding carboxylic acids is 1. The van der Waals surface area contributed by atoms with Gasteiger partial charge >= 0.3 is 0 Å². The van der Waals surface area contributed by atoms with Gasteiger partial charge in [0, 0.05) is 11.6 Å². The monoisotopic (exact) mass is 408 g/mol. The number of carbonyl (C=O) groups is 1. The summed E-state index contributed by atoms with van der Waals surface area (Å²) in [5, 5.41) is 3.47. The molecule has 6 nitrogen and oxygen atoms in total. The van der Waals surface area contributed by atoms with E-state index in [4.69, 9.17) is 16.3 Å². The highest BCUT2D eigenvalue weighted by molar-refractivity contribution is 7.92. The number of anilines is 1. The van der Waals surface area contributed by atoms with Crippen LogP contribution >= 0.6 is 11.6 Å². The maximum absolute atomic E-state index is 12.5. The molecule has 0 spiro atoms. The van der Waals surface area contributed by atoms with E-state index in [1.807, 2.05) is 25.1 Å². The summed E-state index contributed by atoms with van der Waals surface area (Å²) in [5.41, 5.74) is 2.42. The Labute approximate surface area is 164 Å². The zero-order chi connectivity index (χ0) is 19.6. The van der Waals surface area contributed by atoms with Crippen molar-refractivity contribution in [3.05, 3.63) is 58.6 Å². The van der Waals surface area contributed by atoms with Gasteiger partial charge in [0.2, 0.25) is 10.0 Å². The van der Waals surface area contributed by atoms with Gasteiger partial charge in [-0.1, -0.05) is 29.8 Å². The molecule has 1 unspecified atom stereocenters. The molecule has 1 aliphatic rings. The summed E-state index contributed by atoms with van der Waals surface area (Å²) in [6.07, 6.45) is 0.859. The highest BCUT2D eigenvalue weighted by Gasteiger charge is 2.34. The van der Waals surface area contributed by atoms with E-state index in [0.717, 1.165) is 17.4 Å². The van der Waals surface area contributed by atoms with E-state index in [1.165, 1.54) is 4.31 Å². The molecular weight excluding hydrogens is 388 g/mol. The molecule has 0 bridgehead atoms. The Balaban J connectivity index is 1.69. The Bertz CT molecular complexity index is 945. The Hall–Kier alpha value is -2.25. The van der Waals surface area contributed by atoms with Gasteiger partial charge in [0.25, 0.3) is 5.91 Å². The highest BCUT2D eigenvalue weighted by Crippen LogP contribution is 2.35. The molecule has 1 aliphatic heterocycles. The predicted octanol–water partition coefficient (Wildman–Crippen LogP) is 2.53. The maximum Gasteiger partial charge on any atom is 0.263 e. The second-order valence-corrected chi connectivity index (χ2v) is 8.88. The summed E-state index contributed by atoms with van der Waals surface area (Å²) >= 11 is 5.86. The average molecular weight is 409 g/mol. The molecule has 2 aromatic rings. The van der Waals surface area contributed by atoms with E-state index >= 15 is 0 Å². The second-order valence-electron chi connectivity index (χ2n) is 6.54. The molecule has 144 valence electrons. The first kappa shape index (κ1) is 19.5. The number of nitrogens with one attached hydrogen (secondary N) is 1. The first-order valence-electron chi connectivity index (χ1n) is 8.51. The van der Waals surface area contributed by atoms with E-state index in [9.17, 15) is 13.2 Å². The number of aryl methyl sites for hydroxylation is 1. The summed E-state index contributed by atoms with van der Waals surface area (Å²) in [7, 11) is -3.53. The fraction of sp³-hybridized carbons (Fsp3) is 0.316. The van der Waals surface area contributed by atoms with Gasteiger partial charge in [-0.05, 0) is 48.7 Å². The van der Waals surface area contributed by atoms with Crippen LogP contribution in [0.25, 0.3) is 0 Å². The highest BCUT2D eigenvalue weighted by atomic mass is 35.5. The molecule has 1 amide bonds. The molecule has 0 radical (unpaired) electrons. The van der Waals surface area contributed by atoms with Crippen molar-refractivity contribution in [2.75, 3.05) is 23.7 Å². The smallest absolute Gasteiger partial charge is 0.263 e. The standard InChI is InChI=1S/C19H21ClN2O4S/c1-13-3-8-16-17(11-13)26-18(12-22(16)27(2,24)25)19(23)21-10-9-14-4-6-15(20)7-5-14/h3-8,11,18H,9-10,12H2,1-2H3,(H,21,23). The van der Waals surface area contributed by atoms with Gasteiger partial charge in [0.1, 0.15) is 5.75 Å². The van der Waals surface area contributed by atoms with Crippen molar-refractivity contribution in [2.24, 2.45) is 0 Å². The van der Waals surface area contributed by atoms with Gasteiger partial charge < -0.3 is 10.1 Å². The van der Waals surface area contributed by atoms with Crippen LogP contribution in [0, 0.1) is 6.92 Å². The van der Waals surface area contributed by atoms with Crippen LogP contribution in [0.2, 0.25) is 5.02 Å². The quantitative estimate of drug-likeness (QED) is 0.824. The lowest BCUT2D eigenvalue weighted by Gasteiger charge is -2.34. The van der Waals surface area contributed by atoms with E-state index in [0.29, 0.717) is 29.4 Å². The van der Waals surface area contributed by atoms with Gasteiger partial charge in [-0.3, -0.25) is 9.10 Å². The van der Waals surface area contributed by atoms with Crippen molar-refractivity contribution in [3.63, 3.8) is 0 Å². The van der Waals surface area contributed by atoms with Crippen LogP contribution < -0.4 is 14.4 Å². The van der Waals surface area contributed by atoms with Crippen LogP contribution in [0.3, 0.4) is 0 Å². The third-order valence-corrected chi connectivity index (χ3v) is 5.70. The number of rotatable bonds is 5. The Morgan fingerprint density at radius 3 is 2.63 bits per heavy atom. The van der Waals surface area contributed by atoms with Gasteiger partial charge in [0.15, 0.2) is 6.10 Å². The fourth-order valence-corrected chi connectivity index (χ4v) is 3.95. The zero-order valence-corrected chi connectivity index (χ0v) is 16.7. The number of nitrogens with zero attached hydrogens (tertiary/aromatic N) is 1. The number of sulfonamides is 1. The maximum atomic E-state index is 12.5. The molecule has 8 heteroatoms. The van der Waals surface area contributed by atoms with Gasteiger partial charge in [-0.25, -0.2) is 8.42 Å². The minimum Gasteiger partial charge on any atom is -0.476 e. The molecule has 0 aromatic heterocycles. The molecule has 3 rings (SSSR count). The van der Waals surface area contributed by atoms with Gasteiger partial charge in [-0.2, -0.15) is 0 Å². The van der Waals surface area contributed by atoms with Crippen LogP contribution in [-0.2, 0) is 21.2 Å². The van der Waals surface area contributed by atoms with E-state index in [1.54, 1.807) is 24.3 Å². The predicted molar refractivity (Wildman–Crippen MR) is 106 cm³/mol. The van der Waals surface area contributed by atoms with Crippen molar-refractivity contribution < 1.29 is 17.9 Å². The number of hydrogen-bond acceptors (Lipinski definition) is 4. The summed E-state index contributed by atoms with van der Waals surface area (Å²) in [6.45, 7) is 2.24. The van der Waals surface area contributed by atoms with Crippen molar-refractivity contribution in [1.29, 1.82) is 0 Å². The third kappa shape index (κ3) is 4.73. The first-order valence-corrected chi connectivity index (χ1v) is 10.7. The van der Waals surface area contributed by atoms with Crippen molar-refractivity contribution in [1.82, 2.24) is 5.32 Å². The second kappa shape index (κ2) is 7.78. The lowest BCUT2D eigenvalue weighted by molar-refractivity contribution is -0.127. The number of amides is 1. The number of benzene rings is 2. The third-order valence-electron chi connectivity index (χ3n) is 4.30. The van der Waals surface area contributed by atoms with E-state index < -0.39 is 16.1 Å². The SMILES string of the molecule is Cc1ccc2c(c1)OC(C(=O)NCCc1ccc(Cl)cc1)CN2S(C)(=O)=O. The van der Waals surface area contributed by atoms with Gasteiger partial charge in [0.05, 0.1) is 18.5 Å². The summed E-state index contributed by atoms with van der Waals surface area (Å²) < 4.78 is 31.3. The molecule has 27 heavy (non-hydrogen) atoms. The minimum absolute atomic E-state index is 0.0539. The first-order chi connectivity index (χ1) is 12.7. The average Bonchev–Trinajstić information content (AvgIpc) is 2.61. The van der Waals surface area contributed by atoms with Crippen LogP contribution in [-0.4, -0.2) is 39.8 Å². The van der Waals surface area contributed by atoms with Crippen LogP contribution in [0.15, 0.2) is 42.5 Å². The zero-order valence-electron chi connectivity index (χ0n) is 15.1. The lowest BCUT2D eigenvalue weighted by Crippen LogP contribution is -2.50. The largest absolute Gasteiger partial charge is 0.476 e. The van der Waals surface area contributed by atoms with Crippen molar-refractivity contribution >= 4 is 33.2 Å². The van der Waals surface area contributed by atoms with Crippen molar-refractivity contribution in [3.8, 4) is 5.75 Å². The van der Waals surface area contributed by atoms with E-state index in [2.05, 4.69) is 5.32 Å². The van der Waals surface area contributed by atoms with Gasteiger partial charge in [-0.15, -0.1) is 0 Å². The molecule has 0 fully saturated rings. The summed E-state index contributed by atoms with van der Waals surface area (Å²) in [4.78, 5) is 12.5. The molecule has 1 N–H and O–H groups in total. The fourth-order valence-electron chi connectivity index (χ4n) is 2.91. The Morgan fingerprint density at radius 2 is 1.96 bits per heavy atom. The normalized spacial score (nSPS) is 16.4. The molecule has 1 heterocycles. The molecule has 0 saturated heterocycles. The number of fused-ring (bicyclic) bond motifs is 1. The number of ether oxygens (including phenoxy) is 1. The minimum atomic E-state index is -3.53. The van der Waals surface area contributed by atoms with Crippen LogP contribution in [0.5, 0.6) is 5.75 Å². The molecule has 0 saturated carbocycles. The van der Waals surface area contributed by atoms with Crippen molar-refractivity contribution in [2.45, 2.75) is 19.4 Å². The molecule has 0 aliphatic carbocycles. The number of halogens is 1. The summed E-state index contributed by atoms with van der Waals surface area (Å²) in [6, 6.07) is 12.6. The Kier molecular flexibility index (Phi) is 5.62. The van der Waals surface area contributed by atoms with E-state index in [-0.39, 0.29) is 12.5 Å². The Morgan fingerprint density at radius 1 is 1.26 bits per heavy atom. The molecule has 2 aromatic carbocycles. The number of hydrogen-bond donors (Lipinski definition) is 1. The molecule has 1 atom stereocenters.